The summed E-state index contributed by atoms with van der Waals surface area (Å²) >= 11 is 0. The maximum atomic E-state index is 12.5. The van der Waals surface area contributed by atoms with Crippen molar-refractivity contribution in [3.63, 3.8) is 0 Å². The fraction of sp³-hybridized carbons (Fsp3) is 1.00. The van der Waals surface area contributed by atoms with Gasteiger partial charge in [0.1, 0.15) is 36.6 Å². The van der Waals surface area contributed by atoms with Gasteiger partial charge < -0.3 is 68.5 Å². The summed E-state index contributed by atoms with van der Waals surface area (Å²) in [5.74, 6) is -4.48. The Morgan fingerprint density at radius 1 is 0.318 bits per heavy atom. The molecular formula is C8H24O28P8. The second-order valence-corrected chi connectivity index (χ2v) is 20.9. The molecule has 0 radical (unpaired) electrons. The number of hydrogen-bond acceptors (Lipinski definition) is 14. The molecule has 0 bridgehead atoms. The Hall–Kier alpha value is 1.04. The van der Waals surface area contributed by atoms with E-state index in [0.717, 1.165) is 0 Å². The lowest BCUT2D eigenvalue weighted by Crippen LogP contribution is -2.66. The standard InChI is InChI=1S/C8H24O28P8/c9-37(10,11)1-39(15,16)31-3-5(33-41(19,20)21)4(32-40(17,18)2-38(12,13)14)7(35-43(25,26)27)8(36-44(28,29)30)6(3)34-42(22,23)24/h3-8H,1-2H2,(H,15,16)(H,17,18)(H2,9,10,11)(H2,12,13,14)(H2,19,20,21)(H2,22,23,24)(H2,25,26,27)(H2,28,29,30)/t3-,4+,5?,6-,7-,8?/m0/s1. The lowest BCUT2D eigenvalue weighted by Gasteiger charge is -2.48. The molecule has 1 rings (SSSR count). The van der Waals surface area contributed by atoms with Crippen molar-refractivity contribution in [2.24, 2.45) is 0 Å². The van der Waals surface area contributed by atoms with Crippen molar-refractivity contribution in [1.29, 1.82) is 0 Å². The minimum Gasteiger partial charge on any atom is -0.324 e. The molecule has 36 heteroatoms. The van der Waals surface area contributed by atoms with E-state index < -0.39 is 110 Å². The smallest absolute Gasteiger partial charge is 0.324 e. The van der Waals surface area contributed by atoms with E-state index in [-0.39, 0.29) is 0 Å². The van der Waals surface area contributed by atoms with Crippen LogP contribution >= 0.6 is 61.7 Å². The van der Waals surface area contributed by atoms with E-state index in [1.165, 1.54) is 0 Å². The molecule has 1 fully saturated rings. The Morgan fingerprint density at radius 3 is 0.614 bits per heavy atom. The highest BCUT2D eigenvalue weighted by Crippen LogP contribution is 2.62. The molecule has 0 saturated heterocycles. The summed E-state index contributed by atoms with van der Waals surface area (Å²) in [6, 6.07) is 0. The van der Waals surface area contributed by atoms with Crippen molar-refractivity contribution < 1.29 is 132 Å². The van der Waals surface area contributed by atoms with Gasteiger partial charge in [-0.3, -0.25) is 45.4 Å². The zero-order valence-corrected chi connectivity index (χ0v) is 27.6. The Balaban J connectivity index is 4.23. The van der Waals surface area contributed by atoms with Crippen LogP contribution in [-0.2, 0) is 63.7 Å². The fourth-order valence-electron chi connectivity index (χ4n) is 3.39. The third-order valence-electron chi connectivity index (χ3n) is 4.28. The Labute approximate surface area is 242 Å². The third-order valence-corrected chi connectivity index (χ3v) is 13.3. The van der Waals surface area contributed by atoms with Crippen LogP contribution in [0.15, 0.2) is 0 Å². The Morgan fingerprint density at radius 2 is 0.477 bits per heavy atom. The summed E-state index contributed by atoms with van der Waals surface area (Å²) in [6.07, 6.45) is -20.1. The summed E-state index contributed by atoms with van der Waals surface area (Å²) < 4.78 is 120. The SMILES string of the molecule is O=P(O)(O)CP(=O)(O)O[C@@H]1C(OP(=O)(O)O)[C@H](OP(=O)(O)CP(=O)(O)O)[C@H](OP(=O)(O)O)C(OP(=O)(O)O)[C@H]1OP(=O)(O)O. The topological polar surface area (TPSA) is 475 Å². The summed E-state index contributed by atoms with van der Waals surface area (Å²) in [5.41, 5.74) is 0. The van der Waals surface area contributed by atoms with E-state index in [9.17, 15) is 85.5 Å². The molecule has 4 unspecified atom stereocenters. The van der Waals surface area contributed by atoms with Gasteiger partial charge in [-0.15, -0.1) is 0 Å². The van der Waals surface area contributed by atoms with Crippen LogP contribution in [0.1, 0.15) is 0 Å². The highest BCUT2D eigenvalue weighted by atomic mass is 31.2. The first-order chi connectivity index (χ1) is 19.0. The van der Waals surface area contributed by atoms with E-state index in [0.29, 0.717) is 0 Å². The highest BCUT2D eigenvalue weighted by Gasteiger charge is 2.63. The van der Waals surface area contributed by atoms with Crippen molar-refractivity contribution in [1.82, 2.24) is 0 Å². The molecule has 14 N–H and O–H groups in total. The number of phosphoric acid groups is 4. The quantitative estimate of drug-likeness (QED) is 0.0706. The van der Waals surface area contributed by atoms with Gasteiger partial charge in [0.15, 0.2) is 11.8 Å². The first-order valence-electron chi connectivity index (χ1n) is 10.0. The van der Waals surface area contributed by atoms with Crippen LogP contribution in [0.3, 0.4) is 0 Å². The fourth-order valence-corrected chi connectivity index (χ4v) is 11.1. The van der Waals surface area contributed by atoms with Crippen LogP contribution < -0.4 is 0 Å². The number of phosphoric ester groups is 4. The molecule has 264 valence electrons. The van der Waals surface area contributed by atoms with Crippen molar-refractivity contribution in [3.05, 3.63) is 0 Å². The largest absolute Gasteiger partial charge is 0.470 e. The lowest BCUT2D eigenvalue weighted by atomic mass is 9.85. The van der Waals surface area contributed by atoms with Crippen LogP contribution in [0.4, 0.5) is 0 Å². The van der Waals surface area contributed by atoms with Crippen molar-refractivity contribution in [2.75, 3.05) is 11.8 Å². The molecule has 28 nitrogen and oxygen atoms in total. The molecule has 1 aliphatic rings. The zero-order chi connectivity index (χ0) is 35.1. The molecule has 0 amide bonds. The maximum Gasteiger partial charge on any atom is 0.470 e. The van der Waals surface area contributed by atoms with Gasteiger partial charge in [-0.2, -0.15) is 0 Å². The van der Waals surface area contributed by atoms with Gasteiger partial charge in [-0.05, 0) is 0 Å². The van der Waals surface area contributed by atoms with Gasteiger partial charge in [-0.1, -0.05) is 0 Å². The summed E-state index contributed by atoms with van der Waals surface area (Å²) in [4.78, 5) is 131. The molecule has 44 heavy (non-hydrogen) atoms. The van der Waals surface area contributed by atoms with Gasteiger partial charge in [0.05, 0.1) is 0 Å². The molecule has 8 atom stereocenters. The van der Waals surface area contributed by atoms with Crippen LogP contribution in [-0.4, -0.2) is 117 Å². The number of rotatable bonds is 16. The van der Waals surface area contributed by atoms with Crippen molar-refractivity contribution >= 4 is 61.7 Å². The molecule has 1 saturated carbocycles. The van der Waals surface area contributed by atoms with Crippen LogP contribution in [0, 0.1) is 0 Å². The molecule has 0 aliphatic heterocycles. The first-order valence-corrected chi connectivity index (χ1v) is 23.3. The van der Waals surface area contributed by atoms with Crippen molar-refractivity contribution in [3.8, 4) is 0 Å². The Kier molecular flexibility index (Phi) is 14.2. The average Bonchev–Trinajstić information content (AvgIpc) is 2.62. The first kappa shape index (κ1) is 43.1. The highest BCUT2D eigenvalue weighted by molar-refractivity contribution is 7.70. The molecule has 1 aliphatic carbocycles. The molecule has 0 aromatic carbocycles. The van der Waals surface area contributed by atoms with Gasteiger partial charge in [0, 0.05) is 0 Å². The van der Waals surface area contributed by atoms with E-state index in [4.69, 9.17) is 19.6 Å². The Bertz CT molecular complexity index is 1320. The predicted octanol–water partition coefficient (Wildman–Crippen LogP) is -2.68. The van der Waals surface area contributed by atoms with Crippen LogP contribution in [0.2, 0.25) is 0 Å². The monoisotopic (exact) mass is 816 g/mol. The normalized spacial score (nSPS) is 29.1. The second-order valence-electron chi connectivity index (χ2n) is 8.27. The minimum atomic E-state index is -6.24. The van der Waals surface area contributed by atoms with Crippen molar-refractivity contribution in [2.45, 2.75) is 36.6 Å². The summed E-state index contributed by atoms with van der Waals surface area (Å²) in [6.45, 7) is 0. The average molecular weight is 816 g/mol. The van der Waals surface area contributed by atoms with Gasteiger partial charge >= 0.3 is 61.7 Å². The van der Waals surface area contributed by atoms with Crippen LogP contribution in [0.5, 0.6) is 0 Å². The molecule has 0 heterocycles. The minimum absolute atomic E-state index is 2.24. The summed E-state index contributed by atoms with van der Waals surface area (Å²) in [7, 11) is -48.2. The van der Waals surface area contributed by atoms with Crippen LogP contribution in [0.25, 0.3) is 0 Å². The van der Waals surface area contributed by atoms with E-state index in [1.54, 1.807) is 0 Å². The number of hydrogen-bond donors (Lipinski definition) is 14. The van der Waals surface area contributed by atoms with E-state index in [2.05, 4.69) is 27.1 Å². The molecule has 0 aromatic heterocycles. The van der Waals surface area contributed by atoms with Gasteiger partial charge in [0.2, 0.25) is 0 Å². The van der Waals surface area contributed by atoms with Gasteiger partial charge in [0.25, 0.3) is 0 Å². The van der Waals surface area contributed by atoms with E-state index >= 15 is 0 Å². The third kappa shape index (κ3) is 16.9. The van der Waals surface area contributed by atoms with Gasteiger partial charge in [-0.25, -0.2) is 18.3 Å². The maximum absolute atomic E-state index is 12.5. The molecule has 0 spiro atoms. The summed E-state index contributed by atoms with van der Waals surface area (Å²) in [5, 5.41) is 0. The second kappa shape index (κ2) is 14.5. The molecular weight excluding hydrogens is 792 g/mol. The van der Waals surface area contributed by atoms with E-state index in [1.807, 2.05) is 0 Å². The zero-order valence-electron chi connectivity index (χ0n) is 20.4. The lowest BCUT2D eigenvalue weighted by molar-refractivity contribution is -0.198. The molecule has 0 aromatic rings. The predicted molar refractivity (Wildman–Crippen MR) is 131 cm³/mol.